The van der Waals surface area contributed by atoms with E-state index in [0.29, 0.717) is 21.6 Å². The van der Waals surface area contributed by atoms with Crippen LogP contribution < -0.4 is 5.01 Å². The zero-order valence-electron chi connectivity index (χ0n) is 18.7. The van der Waals surface area contributed by atoms with E-state index in [0.717, 1.165) is 16.8 Å². The van der Waals surface area contributed by atoms with E-state index in [9.17, 15) is 17.8 Å². The Morgan fingerprint density at radius 3 is 2.51 bits per heavy atom. The predicted molar refractivity (Wildman–Crippen MR) is 135 cm³/mol. The Bertz CT molecular complexity index is 1630. The summed E-state index contributed by atoms with van der Waals surface area (Å²) >= 11 is 1.28. The van der Waals surface area contributed by atoms with Crippen molar-refractivity contribution < 1.29 is 17.8 Å². The number of aromatic nitrogens is 1. The molecule has 1 amide bonds. The van der Waals surface area contributed by atoms with Crippen molar-refractivity contribution in [1.29, 1.82) is 0 Å². The number of fused-ring (bicyclic) bond motifs is 1. The van der Waals surface area contributed by atoms with Crippen LogP contribution in [0.3, 0.4) is 0 Å². The highest BCUT2D eigenvalue weighted by molar-refractivity contribution is 7.86. The SMILES string of the molecule is CC1=NN(c2nc(-c3ccc(C)cc3)cs2)C(=O)[C@@H]1N=Nc1ccc2ccccc2c1S(=O)(=O)O. The Balaban J connectivity index is 1.44. The fourth-order valence-corrected chi connectivity index (χ4v) is 5.37. The van der Waals surface area contributed by atoms with Gasteiger partial charge in [-0.15, -0.1) is 11.3 Å². The molecule has 0 fully saturated rings. The lowest BCUT2D eigenvalue weighted by Crippen LogP contribution is -2.29. The first-order valence-corrected chi connectivity index (χ1v) is 12.9. The van der Waals surface area contributed by atoms with Gasteiger partial charge in [0.15, 0.2) is 6.04 Å². The average molecular weight is 506 g/mol. The number of hydrazone groups is 1. The largest absolute Gasteiger partial charge is 0.297 e. The van der Waals surface area contributed by atoms with Crippen LogP contribution >= 0.6 is 11.3 Å². The number of carbonyl (C=O) groups excluding carboxylic acids is 1. The molecule has 1 atom stereocenters. The minimum atomic E-state index is -4.60. The predicted octanol–water partition coefficient (Wildman–Crippen LogP) is 5.39. The van der Waals surface area contributed by atoms with Crippen molar-refractivity contribution >= 4 is 54.7 Å². The summed E-state index contributed by atoms with van der Waals surface area (Å²) in [6.45, 7) is 3.64. The first-order valence-electron chi connectivity index (χ1n) is 10.5. The molecule has 1 aliphatic heterocycles. The van der Waals surface area contributed by atoms with E-state index in [4.69, 9.17) is 0 Å². The Kier molecular flexibility index (Phi) is 5.75. The molecular formula is C24H19N5O4S2. The van der Waals surface area contributed by atoms with Gasteiger partial charge in [-0.1, -0.05) is 60.2 Å². The molecule has 1 N–H and O–H groups in total. The van der Waals surface area contributed by atoms with Crippen LogP contribution in [0.5, 0.6) is 0 Å². The van der Waals surface area contributed by atoms with Crippen molar-refractivity contribution in [3.8, 4) is 11.3 Å². The molecule has 0 unspecified atom stereocenters. The number of hydrogen-bond donors (Lipinski definition) is 1. The quantitative estimate of drug-likeness (QED) is 0.287. The molecule has 0 aliphatic carbocycles. The van der Waals surface area contributed by atoms with E-state index < -0.39 is 22.1 Å². The topological polar surface area (TPSA) is 125 Å². The number of azo groups is 1. The number of anilines is 1. The molecule has 35 heavy (non-hydrogen) atoms. The summed E-state index contributed by atoms with van der Waals surface area (Å²) in [5.74, 6) is -0.453. The van der Waals surface area contributed by atoms with E-state index in [1.54, 1.807) is 37.3 Å². The van der Waals surface area contributed by atoms with Gasteiger partial charge < -0.3 is 0 Å². The Hall–Kier alpha value is -3.80. The van der Waals surface area contributed by atoms with Crippen LogP contribution in [0.4, 0.5) is 10.8 Å². The highest BCUT2D eigenvalue weighted by Crippen LogP contribution is 2.34. The molecule has 5 rings (SSSR count). The summed E-state index contributed by atoms with van der Waals surface area (Å²) in [6, 6.07) is 16.7. The van der Waals surface area contributed by atoms with Crippen LogP contribution in [0.25, 0.3) is 22.0 Å². The standard InChI is InChI=1S/C24H19N5O4S2/c1-14-7-9-17(10-8-14)20-13-34-24(25-20)29-23(30)21(15(2)28-29)27-26-19-12-11-16-5-3-4-6-18(16)22(19)35(31,32)33/h3-13,21H,1-2H3,(H,31,32,33)/t21-/m1/s1. The van der Waals surface area contributed by atoms with Gasteiger partial charge >= 0.3 is 0 Å². The molecular weight excluding hydrogens is 486 g/mol. The molecule has 2 heterocycles. The van der Waals surface area contributed by atoms with Gasteiger partial charge in [0.05, 0.1) is 11.4 Å². The molecule has 9 nitrogen and oxygen atoms in total. The second kappa shape index (κ2) is 8.77. The minimum Gasteiger partial charge on any atom is -0.282 e. The lowest BCUT2D eigenvalue weighted by atomic mass is 10.1. The minimum absolute atomic E-state index is 0.0684. The summed E-state index contributed by atoms with van der Waals surface area (Å²) in [6.07, 6.45) is 0. The molecule has 4 aromatic rings. The number of amides is 1. The normalized spacial score (nSPS) is 16.4. The third-order valence-corrected chi connectivity index (χ3v) is 7.28. The van der Waals surface area contributed by atoms with Gasteiger partial charge in [-0.3, -0.25) is 9.35 Å². The van der Waals surface area contributed by atoms with Crippen LogP contribution in [0.1, 0.15) is 12.5 Å². The molecule has 1 aliphatic rings. The van der Waals surface area contributed by atoms with Crippen molar-refractivity contribution in [2.24, 2.45) is 15.3 Å². The molecule has 0 radical (unpaired) electrons. The van der Waals surface area contributed by atoms with Gasteiger partial charge in [0.25, 0.3) is 16.0 Å². The van der Waals surface area contributed by atoms with E-state index in [1.807, 2.05) is 36.6 Å². The number of thiazole rings is 1. The average Bonchev–Trinajstić information content (AvgIpc) is 3.41. The van der Waals surface area contributed by atoms with E-state index in [2.05, 4.69) is 20.3 Å². The summed E-state index contributed by atoms with van der Waals surface area (Å²) in [5.41, 5.74) is 3.11. The number of nitrogens with zero attached hydrogens (tertiary/aromatic N) is 5. The lowest BCUT2D eigenvalue weighted by molar-refractivity contribution is -0.117. The smallest absolute Gasteiger partial charge is 0.282 e. The third kappa shape index (κ3) is 4.36. The van der Waals surface area contributed by atoms with E-state index >= 15 is 0 Å². The molecule has 0 saturated carbocycles. The highest BCUT2D eigenvalue weighted by Gasteiger charge is 2.36. The molecule has 0 bridgehead atoms. The van der Waals surface area contributed by atoms with Crippen molar-refractivity contribution in [2.45, 2.75) is 24.8 Å². The van der Waals surface area contributed by atoms with Crippen molar-refractivity contribution in [2.75, 3.05) is 5.01 Å². The van der Waals surface area contributed by atoms with Crippen LogP contribution in [0.2, 0.25) is 0 Å². The lowest BCUT2D eigenvalue weighted by Gasteiger charge is -2.09. The zero-order valence-corrected chi connectivity index (χ0v) is 20.3. The molecule has 3 aromatic carbocycles. The zero-order chi connectivity index (χ0) is 24.7. The van der Waals surface area contributed by atoms with Gasteiger partial charge in [0, 0.05) is 16.3 Å². The molecule has 0 saturated heterocycles. The van der Waals surface area contributed by atoms with Gasteiger partial charge in [-0.25, -0.2) is 4.98 Å². The molecule has 176 valence electrons. The first-order chi connectivity index (χ1) is 16.7. The second-order valence-corrected chi connectivity index (χ2v) is 10.2. The third-order valence-electron chi connectivity index (χ3n) is 5.51. The van der Waals surface area contributed by atoms with Crippen LogP contribution in [-0.2, 0) is 14.9 Å². The number of benzene rings is 3. The number of rotatable bonds is 5. The number of carbonyl (C=O) groups is 1. The first kappa shape index (κ1) is 23.0. The molecule has 11 heteroatoms. The monoisotopic (exact) mass is 505 g/mol. The van der Waals surface area contributed by atoms with Crippen LogP contribution in [0, 0.1) is 6.92 Å². The van der Waals surface area contributed by atoms with E-state index in [1.165, 1.54) is 22.4 Å². The second-order valence-electron chi connectivity index (χ2n) is 8.00. The van der Waals surface area contributed by atoms with Crippen LogP contribution in [-0.4, -0.2) is 35.6 Å². The Morgan fingerprint density at radius 1 is 1.03 bits per heavy atom. The summed E-state index contributed by atoms with van der Waals surface area (Å²) in [7, 11) is -4.60. The fraction of sp³-hybridized carbons (Fsp3) is 0.125. The van der Waals surface area contributed by atoms with Gasteiger partial charge in [-0.2, -0.15) is 28.8 Å². The number of aryl methyl sites for hydroxylation is 1. The highest BCUT2D eigenvalue weighted by atomic mass is 32.2. The maximum absolute atomic E-state index is 13.1. The van der Waals surface area contributed by atoms with Crippen molar-refractivity contribution in [3.63, 3.8) is 0 Å². The van der Waals surface area contributed by atoms with Crippen molar-refractivity contribution in [1.82, 2.24) is 4.98 Å². The van der Waals surface area contributed by atoms with E-state index in [-0.39, 0.29) is 10.6 Å². The van der Waals surface area contributed by atoms with Gasteiger partial charge in [-0.05, 0) is 25.3 Å². The Labute approximate surface area is 205 Å². The maximum atomic E-state index is 13.1. The molecule has 1 aromatic heterocycles. The van der Waals surface area contributed by atoms with Gasteiger partial charge in [0.1, 0.15) is 10.6 Å². The van der Waals surface area contributed by atoms with Gasteiger partial charge in [0.2, 0.25) is 5.13 Å². The van der Waals surface area contributed by atoms with Crippen molar-refractivity contribution in [3.05, 3.63) is 71.6 Å². The molecule has 0 spiro atoms. The summed E-state index contributed by atoms with van der Waals surface area (Å²) < 4.78 is 34.1. The fourth-order valence-electron chi connectivity index (χ4n) is 3.75. The Morgan fingerprint density at radius 2 is 1.77 bits per heavy atom. The summed E-state index contributed by atoms with van der Waals surface area (Å²) in [5, 5.41) is 16.8. The maximum Gasteiger partial charge on any atom is 0.297 e. The number of hydrogen-bond acceptors (Lipinski definition) is 8. The summed E-state index contributed by atoms with van der Waals surface area (Å²) in [4.78, 5) is 17.3. The van der Waals surface area contributed by atoms with Crippen LogP contribution in [0.15, 0.2) is 86.3 Å².